The van der Waals surface area contributed by atoms with E-state index < -0.39 is 0 Å². The quantitative estimate of drug-likeness (QED) is 0.760. The van der Waals surface area contributed by atoms with Crippen LogP contribution in [-0.4, -0.2) is 30.8 Å². The summed E-state index contributed by atoms with van der Waals surface area (Å²) in [4.78, 5) is 5.58. The summed E-state index contributed by atoms with van der Waals surface area (Å²) in [5, 5.41) is 3.32. The minimum atomic E-state index is 0.341. The Morgan fingerprint density at radius 2 is 2.31 bits per heavy atom. The molecule has 0 aliphatic carbocycles. The van der Waals surface area contributed by atoms with Gasteiger partial charge in [0.05, 0.1) is 23.9 Å². The molecular weight excluding hydrogens is 220 g/mol. The molecule has 0 amide bonds. The van der Waals surface area contributed by atoms with Gasteiger partial charge in [0, 0.05) is 17.8 Å². The first-order valence-corrected chi connectivity index (χ1v) is 6.87. The lowest BCUT2D eigenvalue weighted by molar-refractivity contribution is 0.0535. The molecule has 1 aromatic heterocycles. The van der Waals surface area contributed by atoms with E-state index in [0.29, 0.717) is 6.10 Å². The SMILES string of the molecule is CCNCC(CC)OCCc1scnc1C. The van der Waals surface area contributed by atoms with Gasteiger partial charge in [0.2, 0.25) is 0 Å². The number of nitrogens with zero attached hydrogens (tertiary/aromatic N) is 1. The number of likely N-dealkylation sites (N-methyl/N-ethyl adjacent to an activating group) is 1. The summed E-state index contributed by atoms with van der Waals surface area (Å²) >= 11 is 1.72. The number of ether oxygens (including phenoxy) is 1. The van der Waals surface area contributed by atoms with Gasteiger partial charge >= 0.3 is 0 Å². The molecule has 0 aliphatic rings. The largest absolute Gasteiger partial charge is 0.377 e. The zero-order chi connectivity index (χ0) is 11.8. The van der Waals surface area contributed by atoms with E-state index >= 15 is 0 Å². The van der Waals surface area contributed by atoms with Gasteiger partial charge in [0.1, 0.15) is 0 Å². The van der Waals surface area contributed by atoms with Gasteiger partial charge in [0.15, 0.2) is 0 Å². The number of aromatic nitrogens is 1. The highest BCUT2D eigenvalue weighted by Crippen LogP contribution is 2.13. The molecule has 0 aliphatic heterocycles. The summed E-state index contributed by atoms with van der Waals surface area (Å²) in [5.41, 5.74) is 3.05. The number of rotatable bonds is 8. The summed E-state index contributed by atoms with van der Waals surface area (Å²) in [7, 11) is 0. The molecule has 1 heterocycles. The van der Waals surface area contributed by atoms with Crippen molar-refractivity contribution in [2.75, 3.05) is 19.7 Å². The van der Waals surface area contributed by atoms with Crippen molar-refractivity contribution in [2.24, 2.45) is 0 Å². The van der Waals surface area contributed by atoms with Gasteiger partial charge in [-0.2, -0.15) is 0 Å². The molecule has 1 unspecified atom stereocenters. The van der Waals surface area contributed by atoms with Crippen LogP contribution in [0.2, 0.25) is 0 Å². The van der Waals surface area contributed by atoms with E-state index in [9.17, 15) is 0 Å². The molecule has 0 fully saturated rings. The minimum Gasteiger partial charge on any atom is -0.377 e. The van der Waals surface area contributed by atoms with E-state index in [1.807, 2.05) is 5.51 Å². The minimum absolute atomic E-state index is 0.341. The summed E-state index contributed by atoms with van der Waals surface area (Å²) < 4.78 is 5.84. The zero-order valence-corrected chi connectivity index (χ0v) is 11.3. The average Bonchev–Trinajstić information content (AvgIpc) is 2.69. The molecule has 0 radical (unpaired) electrons. The fraction of sp³-hybridized carbons (Fsp3) is 0.750. The molecule has 0 bridgehead atoms. The van der Waals surface area contributed by atoms with Crippen molar-refractivity contribution < 1.29 is 4.74 Å². The molecule has 1 aromatic rings. The maximum atomic E-state index is 5.84. The van der Waals surface area contributed by atoms with Gasteiger partial charge in [-0.05, 0) is 19.9 Å². The first-order valence-electron chi connectivity index (χ1n) is 5.99. The monoisotopic (exact) mass is 242 g/mol. The standard InChI is InChI=1S/C12H22N2OS/c1-4-11(8-13-5-2)15-7-6-12-10(3)14-9-16-12/h9,11,13H,4-8H2,1-3H3. The fourth-order valence-corrected chi connectivity index (χ4v) is 2.27. The van der Waals surface area contributed by atoms with Gasteiger partial charge < -0.3 is 10.1 Å². The normalized spacial score (nSPS) is 12.9. The second-order valence-corrected chi connectivity index (χ2v) is 4.76. The predicted octanol–water partition coefficient (Wildman–Crippen LogP) is 2.40. The van der Waals surface area contributed by atoms with Crippen LogP contribution in [0.4, 0.5) is 0 Å². The molecule has 0 aromatic carbocycles. The Kier molecular flexibility index (Phi) is 6.61. The maximum absolute atomic E-state index is 5.84. The van der Waals surface area contributed by atoms with Gasteiger partial charge in [-0.3, -0.25) is 0 Å². The van der Waals surface area contributed by atoms with Crippen molar-refractivity contribution in [3.05, 3.63) is 16.1 Å². The van der Waals surface area contributed by atoms with Gasteiger partial charge in [0.25, 0.3) is 0 Å². The Labute approximate surface area is 102 Å². The average molecular weight is 242 g/mol. The molecule has 1 atom stereocenters. The number of aryl methyl sites for hydroxylation is 1. The van der Waals surface area contributed by atoms with Crippen LogP contribution in [0.1, 0.15) is 30.8 Å². The molecule has 3 nitrogen and oxygen atoms in total. The van der Waals surface area contributed by atoms with E-state index in [4.69, 9.17) is 4.74 Å². The number of nitrogens with one attached hydrogen (secondary N) is 1. The maximum Gasteiger partial charge on any atom is 0.0797 e. The smallest absolute Gasteiger partial charge is 0.0797 e. The molecule has 4 heteroatoms. The summed E-state index contributed by atoms with van der Waals surface area (Å²) in [6, 6.07) is 0. The van der Waals surface area contributed by atoms with Gasteiger partial charge in [-0.15, -0.1) is 11.3 Å². The van der Waals surface area contributed by atoms with Crippen LogP contribution in [0, 0.1) is 6.92 Å². The number of hydrogen-bond donors (Lipinski definition) is 1. The Balaban J connectivity index is 2.20. The second-order valence-electron chi connectivity index (χ2n) is 3.82. The van der Waals surface area contributed by atoms with Crippen molar-refractivity contribution in [3.63, 3.8) is 0 Å². The van der Waals surface area contributed by atoms with Crippen molar-refractivity contribution >= 4 is 11.3 Å². The predicted molar refractivity (Wildman–Crippen MR) is 69.1 cm³/mol. The van der Waals surface area contributed by atoms with E-state index in [-0.39, 0.29) is 0 Å². The van der Waals surface area contributed by atoms with Crippen LogP contribution in [-0.2, 0) is 11.2 Å². The lowest BCUT2D eigenvalue weighted by atomic mass is 10.2. The van der Waals surface area contributed by atoms with Crippen LogP contribution >= 0.6 is 11.3 Å². The zero-order valence-electron chi connectivity index (χ0n) is 10.5. The molecule has 0 saturated carbocycles. The topological polar surface area (TPSA) is 34.1 Å². The Morgan fingerprint density at radius 1 is 1.50 bits per heavy atom. The van der Waals surface area contributed by atoms with Crippen molar-refractivity contribution in [1.29, 1.82) is 0 Å². The fourth-order valence-electron chi connectivity index (χ4n) is 1.51. The third-order valence-corrected chi connectivity index (χ3v) is 3.60. The molecular formula is C12H22N2OS. The van der Waals surface area contributed by atoms with Gasteiger partial charge in [-0.25, -0.2) is 4.98 Å². The van der Waals surface area contributed by atoms with Crippen LogP contribution < -0.4 is 5.32 Å². The van der Waals surface area contributed by atoms with Crippen LogP contribution in [0.15, 0.2) is 5.51 Å². The Hall–Kier alpha value is -0.450. The second kappa shape index (κ2) is 7.76. The Morgan fingerprint density at radius 3 is 2.88 bits per heavy atom. The van der Waals surface area contributed by atoms with Crippen molar-refractivity contribution in [1.82, 2.24) is 10.3 Å². The van der Waals surface area contributed by atoms with E-state index in [0.717, 1.165) is 38.2 Å². The van der Waals surface area contributed by atoms with Crippen molar-refractivity contribution in [3.8, 4) is 0 Å². The highest BCUT2D eigenvalue weighted by Gasteiger charge is 2.06. The van der Waals surface area contributed by atoms with Gasteiger partial charge in [-0.1, -0.05) is 13.8 Å². The highest BCUT2D eigenvalue weighted by atomic mass is 32.1. The first-order chi connectivity index (χ1) is 7.77. The molecule has 16 heavy (non-hydrogen) atoms. The molecule has 0 saturated heterocycles. The van der Waals surface area contributed by atoms with Crippen molar-refractivity contribution in [2.45, 2.75) is 39.7 Å². The summed E-state index contributed by atoms with van der Waals surface area (Å²) in [6.07, 6.45) is 2.39. The van der Waals surface area contributed by atoms with Crippen LogP contribution in [0.3, 0.4) is 0 Å². The van der Waals surface area contributed by atoms with E-state index in [2.05, 4.69) is 31.1 Å². The summed E-state index contributed by atoms with van der Waals surface area (Å²) in [6.45, 7) is 9.10. The summed E-state index contributed by atoms with van der Waals surface area (Å²) in [5.74, 6) is 0. The molecule has 1 rings (SSSR count). The van der Waals surface area contributed by atoms with E-state index in [1.165, 1.54) is 4.88 Å². The van der Waals surface area contributed by atoms with E-state index in [1.54, 1.807) is 11.3 Å². The third kappa shape index (κ3) is 4.60. The van der Waals surface area contributed by atoms with Crippen LogP contribution in [0.25, 0.3) is 0 Å². The molecule has 1 N–H and O–H groups in total. The highest BCUT2D eigenvalue weighted by molar-refractivity contribution is 7.09. The lowest BCUT2D eigenvalue weighted by Gasteiger charge is -2.16. The Bertz CT molecular complexity index is 288. The number of thiazole rings is 1. The van der Waals surface area contributed by atoms with Crippen LogP contribution in [0.5, 0.6) is 0 Å². The third-order valence-electron chi connectivity index (χ3n) is 2.60. The lowest BCUT2D eigenvalue weighted by Crippen LogP contribution is -2.29. The first kappa shape index (κ1) is 13.6. The molecule has 92 valence electrons. The number of hydrogen-bond acceptors (Lipinski definition) is 4. The molecule has 0 spiro atoms.